The summed E-state index contributed by atoms with van der Waals surface area (Å²) in [5, 5.41) is 3.66. The number of hydrogen-bond acceptors (Lipinski definition) is 3. The third kappa shape index (κ3) is 8.06. The van der Waals surface area contributed by atoms with Gasteiger partial charge in [0, 0.05) is 43.7 Å². The number of hydrogen-bond donors (Lipinski definition) is 1. The van der Waals surface area contributed by atoms with Gasteiger partial charge in [-0.3, -0.25) is 0 Å². The molecule has 1 rings (SSSR count). The molecule has 0 aliphatic carbocycles. The van der Waals surface area contributed by atoms with Crippen molar-refractivity contribution in [2.24, 2.45) is 0 Å². The van der Waals surface area contributed by atoms with Gasteiger partial charge >= 0.3 is 0 Å². The minimum atomic E-state index is 0.700. The van der Waals surface area contributed by atoms with Gasteiger partial charge in [-0.15, -0.1) is 0 Å². The molecule has 0 bridgehead atoms. The fourth-order valence-electron chi connectivity index (χ4n) is 2.27. The van der Waals surface area contributed by atoms with Crippen molar-refractivity contribution >= 4 is 11.8 Å². The summed E-state index contributed by atoms with van der Waals surface area (Å²) in [7, 11) is 0. The Morgan fingerprint density at radius 1 is 1.18 bits per heavy atom. The predicted octanol–water partition coefficient (Wildman–Crippen LogP) is 2.98. The van der Waals surface area contributed by atoms with E-state index in [2.05, 4.69) is 35.8 Å². The predicted molar refractivity (Wildman–Crippen MR) is 80.0 cm³/mol. The molecular weight excluding hydrogens is 228 g/mol. The average molecular weight is 258 g/mol. The smallest absolute Gasteiger partial charge is 0.0108 e. The van der Waals surface area contributed by atoms with Crippen LogP contribution >= 0.6 is 11.8 Å². The number of unbranched alkanes of at least 4 members (excludes halogenated alkanes) is 3. The van der Waals surface area contributed by atoms with Gasteiger partial charge < -0.3 is 10.2 Å². The topological polar surface area (TPSA) is 15.3 Å². The lowest BCUT2D eigenvalue weighted by Gasteiger charge is -2.26. The number of thioether (sulfide) groups is 1. The van der Waals surface area contributed by atoms with E-state index in [1.54, 1.807) is 0 Å². The van der Waals surface area contributed by atoms with Crippen LogP contribution in [0.25, 0.3) is 0 Å². The minimum Gasteiger partial charge on any atom is -0.313 e. The summed E-state index contributed by atoms with van der Waals surface area (Å²) < 4.78 is 0. The minimum absolute atomic E-state index is 0.700. The fraction of sp³-hybridized carbons (Fsp3) is 1.00. The number of nitrogens with one attached hydrogen (secondary N) is 1. The van der Waals surface area contributed by atoms with Gasteiger partial charge in [-0.2, -0.15) is 11.8 Å². The fourth-order valence-corrected chi connectivity index (χ4v) is 3.25. The van der Waals surface area contributed by atoms with E-state index in [0.29, 0.717) is 6.04 Å². The van der Waals surface area contributed by atoms with Gasteiger partial charge in [0.2, 0.25) is 0 Å². The molecule has 102 valence electrons. The molecule has 0 aromatic heterocycles. The zero-order valence-corrected chi connectivity index (χ0v) is 12.5. The summed E-state index contributed by atoms with van der Waals surface area (Å²) in [6, 6.07) is 0.700. The average Bonchev–Trinajstić information content (AvgIpc) is 2.36. The highest BCUT2D eigenvalue weighted by Gasteiger charge is 2.09. The highest BCUT2D eigenvalue weighted by atomic mass is 32.2. The number of nitrogens with zero attached hydrogens (tertiary/aromatic N) is 1. The van der Waals surface area contributed by atoms with Crippen LogP contribution in [0, 0.1) is 0 Å². The standard InChI is InChI=1S/C14H30N2S/c1-3-4-5-6-7-14(2)15-8-9-16-10-12-17-13-11-16/h14-15H,3-13H2,1-2H3. The van der Waals surface area contributed by atoms with Crippen molar-refractivity contribution < 1.29 is 0 Å². The third-order valence-electron chi connectivity index (χ3n) is 3.52. The van der Waals surface area contributed by atoms with Crippen molar-refractivity contribution in [2.75, 3.05) is 37.7 Å². The summed E-state index contributed by atoms with van der Waals surface area (Å²) in [6.07, 6.45) is 6.89. The van der Waals surface area contributed by atoms with E-state index in [1.807, 2.05) is 0 Å². The Bertz CT molecular complexity index is 170. The van der Waals surface area contributed by atoms with Gasteiger partial charge in [-0.05, 0) is 13.3 Å². The summed E-state index contributed by atoms with van der Waals surface area (Å²) in [4.78, 5) is 2.59. The van der Waals surface area contributed by atoms with E-state index in [-0.39, 0.29) is 0 Å². The zero-order chi connectivity index (χ0) is 12.3. The van der Waals surface area contributed by atoms with Crippen LogP contribution in [0.2, 0.25) is 0 Å². The molecule has 0 spiro atoms. The van der Waals surface area contributed by atoms with Gasteiger partial charge in [0.25, 0.3) is 0 Å². The van der Waals surface area contributed by atoms with E-state index in [9.17, 15) is 0 Å². The molecule has 0 radical (unpaired) electrons. The molecule has 1 N–H and O–H groups in total. The second kappa shape index (κ2) is 10.2. The first-order chi connectivity index (χ1) is 8.33. The molecule has 1 aliphatic rings. The van der Waals surface area contributed by atoms with Crippen LogP contribution < -0.4 is 5.32 Å². The third-order valence-corrected chi connectivity index (χ3v) is 4.46. The zero-order valence-electron chi connectivity index (χ0n) is 11.7. The molecule has 1 aliphatic heterocycles. The first-order valence-electron chi connectivity index (χ1n) is 7.36. The Morgan fingerprint density at radius 3 is 2.65 bits per heavy atom. The molecule has 0 aromatic carbocycles. The second-order valence-corrected chi connectivity index (χ2v) is 6.38. The van der Waals surface area contributed by atoms with Gasteiger partial charge in [0.05, 0.1) is 0 Å². The molecule has 0 aromatic rings. The summed E-state index contributed by atoms with van der Waals surface area (Å²) in [6.45, 7) is 9.59. The first kappa shape index (κ1) is 15.3. The van der Waals surface area contributed by atoms with Gasteiger partial charge in [-0.1, -0.05) is 32.6 Å². The SMILES string of the molecule is CCCCCCC(C)NCCN1CCSCC1. The molecule has 0 saturated carbocycles. The van der Waals surface area contributed by atoms with Crippen LogP contribution in [0.1, 0.15) is 46.0 Å². The normalized spacial score (nSPS) is 19.4. The van der Waals surface area contributed by atoms with E-state index in [0.717, 1.165) is 0 Å². The molecule has 1 heterocycles. The van der Waals surface area contributed by atoms with Crippen LogP contribution in [0.5, 0.6) is 0 Å². The van der Waals surface area contributed by atoms with Gasteiger partial charge in [-0.25, -0.2) is 0 Å². The Hall–Kier alpha value is 0.270. The van der Waals surface area contributed by atoms with Crippen LogP contribution in [-0.4, -0.2) is 48.6 Å². The van der Waals surface area contributed by atoms with Crippen molar-refractivity contribution in [3.05, 3.63) is 0 Å². The highest BCUT2D eigenvalue weighted by molar-refractivity contribution is 7.99. The van der Waals surface area contributed by atoms with Crippen molar-refractivity contribution in [3.8, 4) is 0 Å². The van der Waals surface area contributed by atoms with Crippen molar-refractivity contribution in [2.45, 2.75) is 52.0 Å². The van der Waals surface area contributed by atoms with E-state index < -0.39 is 0 Å². The van der Waals surface area contributed by atoms with Gasteiger partial charge in [0.1, 0.15) is 0 Å². The summed E-state index contributed by atoms with van der Waals surface area (Å²) in [5.41, 5.74) is 0. The molecule has 1 atom stereocenters. The lowest BCUT2D eigenvalue weighted by atomic mass is 10.1. The molecular formula is C14H30N2S. The van der Waals surface area contributed by atoms with E-state index in [4.69, 9.17) is 0 Å². The summed E-state index contributed by atoms with van der Waals surface area (Å²) in [5.74, 6) is 2.65. The van der Waals surface area contributed by atoms with Crippen molar-refractivity contribution in [1.82, 2.24) is 10.2 Å². The van der Waals surface area contributed by atoms with Crippen LogP contribution in [0.4, 0.5) is 0 Å². The largest absolute Gasteiger partial charge is 0.313 e. The molecule has 2 nitrogen and oxygen atoms in total. The van der Waals surface area contributed by atoms with Gasteiger partial charge in [0.15, 0.2) is 0 Å². The molecule has 0 amide bonds. The molecule has 3 heteroatoms. The highest BCUT2D eigenvalue weighted by Crippen LogP contribution is 2.08. The Labute approximate surface area is 112 Å². The van der Waals surface area contributed by atoms with E-state index >= 15 is 0 Å². The summed E-state index contributed by atoms with van der Waals surface area (Å²) >= 11 is 2.09. The first-order valence-corrected chi connectivity index (χ1v) is 8.52. The Balaban J connectivity index is 1.90. The van der Waals surface area contributed by atoms with E-state index in [1.165, 1.54) is 69.8 Å². The molecule has 1 unspecified atom stereocenters. The van der Waals surface area contributed by atoms with Crippen molar-refractivity contribution in [3.63, 3.8) is 0 Å². The maximum atomic E-state index is 3.66. The van der Waals surface area contributed by atoms with Crippen LogP contribution in [0.15, 0.2) is 0 Å². The van der Waals surface area contributed by atoms with Crippen LogP contribution in [-0.2, 0) is 0 Å². The lowest BCUT2D eigenvalue weighted by molar-refractivity contribution is 0.294. The monoisotopic (exact) mass is 258 g/mol. The Morgan fingerprint density at radius 2 is 1.94 bits per heavy atom. The number of rotatable bonds is 9. The quantitative estimate of drug-likeness (QED) is 0.640. The maximum absolute atomic E-state index is 3.66. The van der Waals surface area contributed by atoms with Crippen LogP contribution in [0.3, 0.4) is 0 Å². The van der Waals surface area contributed by atoms with Crippen molar-refractivity contribution in [1.29, 1.82) is 0 Å². The maximum Gasteiger partial charge on any atom is 0.0108 e. The lowest BCUT2D eigenvalue weighted by Crippen LogP contribution is -2.39. The molecule has 17 heavy (non-hydrogen) atoms. The molecule has 1 fully saturated rings. The second-order valence-electron chi connectivity index (χ2n) is 5.16. The molecule has 1 saturated heterocycles. The Kier molecular flexibility index (Phi) is 9.21.